The average Bonchev–Trinajstić information content (AvgIpc) is 2.86. The summed E-state index contributed by atoms with van der Waals surface area (Å²) in [7, 11) is 0. The first kappa shape index (κ1) is 12.8. The highest BCUT2D eigenvalue weighted by atomic mass is 35.5. The normalized spacial score (nSPS) is 19.7. The Morgan fingerprint density at radius 3 is 3.00 bits per heavy atom. The van der Waals surface area contributed by atoms with Crippen LogP contribution in [0.15, 0.2) is 24.4 Å². The van der Waals surface area contributed by atoms with Crippen molar-refractivity contribution in [3.05, 3.63) is 28.7 Å². The molecule has 0 amide bonds. The van der Waals surface area contributed by atoms with Crippen LogP contribution in [0.5, 0.6) is 0 Å². The molecular weight excluding hydrogens is 280 g/mol. The summed E-state index contributed by atoms with van der Waals surface area (Å²) in [5, 5.41) is 0. The van der Waals surface area contributed by atoms with Crippen LogP contribution in [0.25, 0.3) is 10.6 Å². The van der Waals surface area contributed by atoms with E-state index in [1.807, 2.05) is 18.2 Å². The third-order valence-electron chi connectivity index (χ3n) is 3.21. The zero-order valence-corrected chi connectivity index (χ0v) is 12.0. The Hall–Kier alpha value is -1.17. The van der Waals surface area contributed by atoms with Gasteiger partial charge in [0.05, 0.1) is 14.9 Å². The van der Waals surface area contributed by atoms with E-state index in [0.29, 0.717) is 0 Å². The predicted octanol–water partition coefficient (Wildman–Crippen LogP) is 2.79. The van der Waals surface area contributed by atoms with Crippen LogP contribution in [-0.2, 0) is 0 Å². The molecule has 0 radical (unpaired) electrons. The Morgan fingerprint density at radius 2 is 2.26 bits per heavy atom. The van der Waals surface area contributed by atoms with E-state index in [9.17, 15) is 0 Å². The van der Waals surface area contributed by atoms with Gasteiger partial charge in [-0.3, -0.25) is 0 Å². The summed E-state index contributed by atoms with van der Waals surface area (Å²) in [4.78, 5) is 12.2. The number of rotatable bonds is 2. The number of thiophene rings is 1. The molecule has 2 aromatic rings. The third kappa shape index (κ3) is 2.88. The highest BCUT2D eigenvalue weighted by molar-refractivity contribution is 7.19. The molecule has 1 fully saturated rings. The number of aromatic nitrogens is 2. The van der Waals surface area contributed by atoms with Gasteiger partial charge in [0.2, 0.25) is 5.95 Å². The Bertz CT molecular complexity index is 571. The molecule has 3 rings (SSSR count). The quantitative estimate of drug-likeness (QED) is 0.925. The molecule has 1 atom stereocenters. The summed E-state index contributed by atoms with van der Waals surface area (Å²) in [5.41, 5.74) is 6.92. The summed E-state index contributed by atoms with van der Waals surface area (Å²) in [5.74, 6) is 0.761. The zero-order valence-electron chi connectivity index (χ0n) is 10.4. The van der Waals surface area contributed by atoms with Crippen LogP contribution in [0.1, 0.15) is 12.8 Å². The summed E-state index contributed by atoms with van der Waals surface area (Å²) in [6.45, 7) is 1.80. The van der Waals surface area contributed by atoms with E-state index in [1.165, 1.54) is 11.3 Å². The van der Waals surface area contributed by atoms with Gasteiger partial charge in [-0.2, -0.15) is 0 Å². The maximum absolute atomic E-state index is 6.00. The fraction of sp³-hybridized carbons (Fsp3) is 0.385. The van der Waals surface area contributed by atoms with Gasteiger partial charge in [0.1, 0.15) is 0 Å². The van der Waals surface area contributed by atoms with Crippen LogP contribution in [0.4, 0.5) is 5.95 Å². The lowest BCUT2D eigenvalue weighted by Gasteiger charge is -2.30. The van der Waals surface area contributed by atoms with Crippen LogP contribution in [0, 0.1) is 0 Å². The van der Waals surface area contributed by atoms with Crippen molar-refractivity contribution in [1.82, 2.24) is 9.97 Å². The molecule has 0 aromatic carbocycles. The Balaban J connectivity index is 1.87. The topological polar surface area (TPSA) is 55.0 Å². The van der Waals surface area contributed by atoms with Gasteiger partial charge in [-0.15, -0.1) is 11.3 Å². The smallest absolute Gasteiger partial charge is 0.225 e. The second kappa shape index (κ2) is 5.45. The van der Waals surface area contributed by atoms with E-state index in [1.54, 1.807) is 6.20 Å². The molecule has 0 spiro atoms. The van der Waals surface area contributed by atoms with E-state index in [0.717, 1.165) is 46.8 Å². The first-order valence-electron chi connectivity index (χ1n) is 6.31. The van der Waals surface area contributed by atoms with Crippen molar-refractivity contribution in [3.8, 4) is 10.6 Å². The minimum absolute atomic E-state index is 0.220. The number of hydrogen-bond acceptors (Lipinski definition) is 5. The number of piperidine rings is 1. The number of halogens is 1. The molecule has 2 N–H and O–H groups in total. The molecule has 3 heterocycles. The van der Waals surface area contributed by atoms with Crippen LogP contribution in [0.2, 0.25) is 4.34 Å². The minimum atomic E-state index is 0.220. The largest absolute Gasteiger partial charge is 0.339 e. The molecule has 1 saturated heterocycles. The second-order valence-electron chi connectivity index (χ2n) is 4.69. The van der Waals surface area contributed by atoms with Crippen molar-refractivity contribution < 1.29 is 0 Å². The number of nitrogens with zero attached hydrogens (tertiary/aromatic N) is 3. The molecule has 1 aliphatic rings. The van der Waals surface area contributed by atoms with Gasteiger partial charge in [-0.25, -0.2) is 9.97 Å². The second-order valence-corrected chi connectivity index (χ2v) is 6.41. The maximum Gasteiger partial charge on any atom is 0.225 e. The van der Waals surface area contributed by atoms with E-state index in [-0.39, 0.29) is 6.04 Å². The minimum Gasteiger partial charge on any atom is -0.339 e. The van der Waals surface area contributed by atoms with Crippen molar-refractivity contribution in [2.45, 2.75) is 18.9 Å². The van der Waals surface area contributed by atoms with Crippen LogP contribution < -0.4 is 10.6 Å². The molecule has 4 nitrogen and oxygen atoms in total. The SMILES string of the molecule is NC1CCCN(c2nccc(-c3ccc(Cl)s3)n2)C1. The third-order valence-corrected chi connectivity index (χ3v) is 4.46. The van der Waals surface area contributed by atoms with Gasteiger partial charge in [0.15, 0.2) is 0 Å². The average molecular weight is 295 g/mol. The molecule has 0 saturated carbocycles. The zero-order chi connectivity index (χ0) is 13.2. The fourth-order valence-electron chi connectivity index (χ4n) is 2.28. The van der Waals surface area contributed by atoms with Gasteiger partial charge in [0, 0.05) is 25.3 Å². The van der Waals surface area contributed by atoms with Gasteiger partial charge < -0.3 is 10.6 Å². The lowest BCUT2D eigenvalue weighted by Crippen LogP contribution is -2.43. The molecule has 0 bridgehead atoms. The molecule has 19 heavy (non-hydrogen) atoms. The van der Waals surface area contributed by atoms with Crippen LogP contribution in [0.3, 0.4) is 0 Å². The van der Waals surface area contributed by atoms with Crippen LogP contribution in [-0.4, -0.2) is 29.1 Å². The summed E-state index contributed by atoms with van der Waals surface area (Å²) in [6, 6.07) is 6.01. The first-order valence-corrected chi connectivity index (χ1v) is 7.51. The number of anilines is 1. The monoisotopic (exact) mass is 294 g/mol. The Kier molecular flexibility index (Phi) is 3.68. The highest BCUT2D eigenvalue weighted by Crippen LogP contribution is 2.30. The summed E-state index contributed by atoms with van der Waals surface area (Å²) >= 11 is 7.49. The molecule has 0 aliphatic carbocycles. The molecular formula is C13H15ClN4S. The molecule has 2 aromatic heterocycles. The van der Waals surface area contributed by atoms with Gasteiger partial charge in [-0.05, 0) is 31.0 Å². The highest BCUT2D eigenvalue weighted by Gasteiger charge is 2.19. The van der Waals surface area contributed by atoms with Crippen molar-refractivity contribution in [3.63, 3.8) is 0 Å². The summed E-state index contributed by atoms with van der Waals surface area (Å²) < 4.78 is 0.773. The van der Waals surface area contributed by atoms with E-state index in [4.69, 9.17) is 17.3 Å². The Labute approximate surface area is 121 Å². The van der Waals surface area contributed by atoms with E-state index < -0.39 is 0 Å². The first-order chi connectivity index (χ1) is 9.22. The maximum atomic E-state index is 6.00. The predicted molar refractivity (Wildman–Crippen MR) is 79.8 cm³/mol. The van der Waals surface area contributed by atoms with Crippen molar-refractivity contribution in [2.75, 3.05) is 18.0 Å². The molecule has 6 heteroatoms. The lowest BCUT2D eigenvalue weighted by molar-refractivity contribution is 0.500. The van der Waals surface area contributed by atoms with E-state index >= 15 is 0 Å². The van der Waals surface area contributed by atoms with Gasteiger partial charge in [0.25, 0.3) is 0 Å². The Morgan fingerprint density at radius 1 is 1.37 bits per heavy atom. The van der Waals surface area contributed by atoms with Crippen LogP contribution >= 0.6 is 22.9 Å². The standard InChI is InChI=1S/C13H15ClN4S/c14-12-4-3-11(19-12)10-5-6-16-13(17-10)18-7-1-2-9(15)8-18/h3-6,9H,1-2,7-8,15H2. The van der Waals surface area contributed by atoms with Crippen molar-refractivity contribution >= 4 is 28.9 Å². The van der Waals surface area contributed by atoms with Crippen molar-refractivity contribution in [1.29, 1.82) is 0 Å². The number of nitrogens with two attached hydrogens (primary N) is 1. The van der Waals surface area contributed by atoms with Crippen molar-refractivity contribution in [2.24, 2.45) is 5.73 Å². The molecule has 1 aliphatic heterocycles. The molecule has 1 unspecified atom stereocenters. The lowest BCUT2D eigenvalue weighted by atomic mass is 10.1. The van der Waals surface area contributed by atoms with Gasteiger partial charge >= 0.3 is 0 Å². The molecule has 100 valence electrons. The fourth-order valence-corrected chi connectivity index (χ4v) is 3.29. The summed E-state index contributed by atoms with van der Waals surface area (Å²) in [6.07, 6.45) is 3.97. The van der Waals surface area contributed by atoms with E-state index in [2.05, 4.69) is 14.9 Å². The number of hydrogen-bond donors (Lipinski definition) is 1. The van der Waals surface area contributed by atoms with Gasteiger partial charge in [-0.1, -0.05) is 11.6 Å².